The summed E-state index contributed by atoms with van der Waals surface area (Å²) >= 11 is 12.2. The minimum Gasteiger partial charge on any atom is -0.489 e. The van der Waals surface area contributed by atoms with Gasteiger partial charge in [-0.2, -0.15) is 10.2 Å². The van der Waals surface area contributed by atoms with Crippen LogP contribution in [0.4, 0.5) is 11.8 Å². The summed E-state index contributed by atoms with van der Waals surface area (Å²) < 4.78 is 37.1. The van der Waals surface area contributed by atoms with Crippen molar-refractivity contribution in [1.29, 1.82) is 5.26 Å². The molecule has 0 saturated carbocycles. The first kappa shape index (κ1) is 29.7. The SMILES string of the molecule is CC(C)(c1ccc(OCc2cnc(NS(C)(=O)=O)nc2N2CC(O)C2)cc1)c1cc(Cl)c(OCCCl)c(C#N)c1. The molecule has 1 fully saturated rings. The van der Waals surface area contributed by atoms with E-state index in [1.165, 1.54) is 6.20 Å². The van der Waals surface area contributed by atoms with Crippen molar-refractivity contribution in [2.75, 3.05) is 41.5 Å². The van der Waals surface area contributed by atoms with Gasteiger partial charge in [0.15, 0.2) is 5.75 Å². The number of sulfonamides is 1. The number of ether oxygens (including phenoxy) is 2. The number of anilines is 2. The molecule has 0 spiro atoms. The number of aromatic nitrogens is 2. The van der Waals surface area contributed by atoms with E-state index in [1.54, 1.807) is 12.1 Å². The summed E-state index contributed by atoms with van der Waals surface area (Å²) in [4.78, 5) is 10.3. The predicted octanol–water partition coefficient (Wildman–Crippen LogP) is 4.08. The number of aliphatic hydroxyl groups is 1. The summed E-state index contributed by atoms with van der Waals surface area (Å²) in [5, 5.41) is 19.7. The first-order valence-electron chi connectivity index (χ1n) is 12.3. The number of alkyl halides is 1. The van der Waals surface area contributed by atoms with Crippen LogP contribution in [0, 0.1) is 11.3 Å². The van der Waals surface area contributed by atoms with Crippen LogP contribution < -0.4 is 19.1 Å². The molecule has 4 rings (SSSR count). The van der Waals surface area contributed by atoms with Gasteiger partial charge < -0.3 is 19.5 Å². The topological polar surface area (TPSA) is 138 Å². The highest BCUT2D eigenvalue weighted by Gasteiger charge is 2.29. The molecule has 10 nitrogen and oxygen atoms in total. The number of β-amino-alcohol motifs (C(OH)–C–C–N with tert-alkyl or cyclic N) is 1. The molecule has 3 aromatic rings. The third kappa shape index (κ3) is 6.88. The van der Waals surface area contributed by atoms with E-state index in [1.807, 2.05) is 43.0 Å². The van der Waals surface area contributed by atoms with Crippen molar-refractivity contribution in [3.63, 3.8) is 0 Å². The van der Waals surface area contributed by atoms with E-state index in [-0.39, 0.29) is 25.0 Å². The predicted molar refractivity (Wildman–Crippen MR) is 154 cm³/mol. The number of nitrogens with zero attached hydrogens (tertiary/aromatic N) is 4. The molecule has 40 heavy (non-hydrogen) atoms. The van der Waals surface area contributed by atoms with E-state index in [0.29, 0.717) is 46.6 Å². The van der Waals surface area contributed by atoms with Crippen LogP contribution in [0.15, 0.2) is 42.6 Å². The van der Waals surface area contributed by atoms with Gasteiger partial charge in [0, 0.05) is 24.7 Å². The van der Waals surface area contributed by atoms with Gasteiger partial charge in [0.25, 0.3) is 0 Å². The lowest BCUT2D eigenvalue weighted by Gasteiger charge is -2.37. The Morgan fingerprint density at radius 3 is 2.50 bits per heavy atom. The third-order valence-corrected chi connectivity index (χ3v) is 7.45. The van der Waals surface area contributed by atoms with Gasteiger partial charge in [-0.05, 0) is 35.4 Å². The zero-order valence-corrected chi connectivity index (χ0v) is 24.5. The number of hydrogen-bond donors (Lipinski definition) is 2. The molecule has 0 atom stereocenters. The Labute approximate surface area is 243 Å². The highest BCUT2D eigenvalue weighted by atomic mass is 35.5. The normalized spacial score (nSPS) is 13.9. The Bertz CT molecular complexity index is 1520. The van der Waals surface area contributed by atoms with E-state index >= 15 is 0 Å². The average molecular weight is 607 g/mol. The molecular formula is C27H29Cl2N5O5S. The summed E-state index contributed by atoms with van der Waals surface area (Å²) in [7, 11) is -3.54. The molecule has 0 radical (unpaired) electrons. The quantitative estimate of drug-likeness (QED) is 0.310. The second kappa shape index (κ2) is 12.1. The summed E-state index contributed by atoms with van der Waals surface area (Å²) in [6.07, 6.45) is 2.06. The number of rotatable bonds is 11. The van der Waals surface area contributed by atoms with Crippen LogP contribution in [0.3, 0.4) is 0 Å². The van der Waals surface area contributed by atoms with Crippen LogP contribution >= 0.6 is 23.2 Å². The number of hydrogen-bond acceptors (Lipinski definition) is 9. The van der Waals surface area contributed by atoms with E-state index < -0.39 is 21.5 Å². The lowest BCUT2D eigenvalue weighted by Crippen LogP contribution is -2.51. The summed E-state index contributed by atoms with van der Waals surface area (Å²) in [6, 6.07) is 13.3. The Kier molecular flexibility index (Phi) is 8.95. The molecule has 0 unspecified atom stereocenters. The summed E-state index contributed by atoms with van der Waals surface area (Å²) in [5.74, 6) is 1.65. The van der Waals surface area contributed by atoms with Gasteiger partial charge >= 0.3 is 0 Å². The second-order valence-corrected chi connectivity index (χ2v) is 12.4. The fourth-order valence-corrected chi connectivity index (χ4v) is 5.02. The number of nitrogens with one attached hydrogen (secondary N) is 1. The smallest absolute Gasteiger partial charge is 0.238 e. The summed E-state index contributed by atoms with van der Waals surface area (Å²) in [5.41, 5.74) is 2.32. The van der Waals surface area contributed by atoms with E-state index in [0.717, 1.165) is 17.4 Å². The third-order valence-electron chi connectivity index (χ3n) is 6.46. The van der Waals surface area contributed by atoms with Crippen LogP contribution in [-0.2, 0) is 22.0 Å². The van der Waals surface area contributed by atoms with Gasteiger partial charge in [-0.15, -0.1) is 11.6 Å². The van der Waals surface area contributed by atoms with Gasteiger partial charge in [-0.3, -0.25) is 4.72 Å². The van der Waals surface area contributed by atoms with Crippen LogP contribution in [0.1, 0.15) is 36.1 Å². The first-order valence-corrected chi connectivity index (χ1v) is 15.1. The maximum Gasteiger partial charge on any atom is 0.238 e. The standard InChI is InChI=1S/C27H29Cl2N5O5S/c1-27(2,20-10-17(12-30)24(23(29)11-20)38-9-8-28)19-4-6-22(7-5-19)39-16-18-13-31-26(33-40(3,36)37)32-25(18)34-14-21(35)15-34/h4-7,10-11,13,21,35H,8-9,14-16H2,1-3H3,(H,31,32,33). The minimum absolute atomic E-state index is 0.0486. The minimum atomic E-state index is -3.54. The van der Waals surface area contributed by atoms with Gasteiger partial charge in [-0.25, -0.2) is 13.4 Å². The molecular weight excluding hydrogens is 577 g/mol. The van der Waals surface area contributed by atoms with Gasteiger partial charge in [0.1, 0.15) is 30.9 Å². The molecule has 212 valence electrons. The van der Waals surface area contributed by atoms with Gasteiger partial charge in [0.2, 0.25) is 16.0 Å². The Morgan fingerprint density at radius 2 is 1.90 bits per heavy atom. The first-order chi connectivity index (χ1) is 18.9. The van der Waals surface area contributed by atoms with Crippen molar-refractivity contribution in [2.24, 2.45) is 0 Å². The molecule has 13 heteroatoms. The van der Waals surface area contributed by atoms with Crippen molar-refractivity contribution in [3.8, 4) is 17.6 Å². The fourth-order valence-electron chi connectivity index (χ4n) is 4.24. The van der Waals surface area contributed by atoms with Gasteiger partial charge in [-0.1, -0.05) is 37.6 Å². The number of halogens is 2. The highest BCUT2D eigenvalue weighted by Crippen LogP contribution is 2.38. The lowest BCUT2D eigenvalue weighted by atomic mass is 9.77. The van der Waals surface area contributed by atoms with E-state index in [9.17, 15) is 18.8 Å². The van der Waals surface area contributed by atoms with Crippen LogP contribution in [-0.4, -0.2) is 61.4 Å². The van der Waals surface area contributed by atoms with Crippen LogP contribution in [0.25, 0.3) is 0 Å². The second-order valence-electron chi connectivity index (χ2n) is 9.90. The van der Waals surface area contributed by atoms with Crippen molar-refractivity contribution in [1.82, 2.24) is 9.97 Å². The molecule has 2 N–H and O–H groups in total. The molecule has 1 saturated heterocycles. The Morgan fingerprint density at radius 1 is 1.20 bits per heavy atom. The fraction of sp³-hybridized carbons (Fsp3) is 0.370. The maximum atomic E-state index is 11.6. The van der Waals surface area contributed by atoms with Crippen molar-refractivity contribution < 1.29 is 23.0 Å². The Hall–Kier alpha value is -3.30. The molecule has 2 heterocycles. The molecule has 2 aromatic carbocycles. The van der Waals surface area contributed by atoms with Gasteiger partial charge in [0.05, 0.1) is 34.4 Å². The monoisotopic (exact) mass is 605 g/mol. The van der Waals surface area contributed by atoms with E-state index in [2.05, 4.69) is 20.8 Å². The molecule has 1 aromatic heterocycles. The van der Waals surface area contributed by atoms with Crippen molar-refractivity contribution >= 4 is 45.0 Å². The molecule has 0 bridgehead atoms. The maximum absolute atomic E-state index is 11.6. The highest BCUT2D eigenvalue weighted by molar-refractivity contribution is 7.91. The average Bonchev–Trinajstić information content (AvgIpc) is 2.88. The summed E-state index contributed by atoms with van der Waals surface area (Å²) in [6.45, 7) is 5.20. The molecule has 0 aliphatic carbocycles. The number of aliphatic hydroxyl groups excluding tert-OH is 1. The number of benzene rings is 2. The van der Waals surface area contributed by atoms with Crippen LogP contribution in [0.2, 0.25) is 5.02 Å². The largest absolute Gasteiger partial charge is 0.489 e. The molecule has 0 amide bonds. The zero-order chi connectivity index (χ0) is 29.1. The molecule has 1 aliphatic heterocycles. The van der Waals surface area contributed by atoms with Crippen molar-refractivity contribution in [2.45, 2.75) is 32.0 Å². The Balaban J connectivity index is 1.51. The number of nitriles is 1. The van der Waals surface area contributed by atoms with Crippen molar-refractivity contribution in [3.05, 3.63) is 69.9 Å². The van der Waals surface area contributed by atoms with Crippen LogP contribution in [0.5, 0.6) is 11.5 Å². The molecule has 1 aliphatic rings. The zero-order valence-electron chi connectivity index (χ0n) is 22.2. The van der Waals surface area contributed by atoms with E-state index in [4.69, 9.17) is 32.7 Å². The lowest BCUT2D eigenvalue weighted by molar-refractivity contribution is 0.140.